The molecular formula is C18H24N4O3S. The van der Waals surface area contributed by atoms with Crippen molar-refractivity contribution in [3.05, 3.63) is 18.5 Å². The van der Waals surface area contributed by atoms with Crippen molar-refractivity contribution >= 4 is 26.4 Å². The van der Waals surface area contributed by atoms with Gasteiger partial charge in [-0.15, -0.1) is 0 Å². The van der Waals surface area contributed by atoms with Gasteiger partial charge in [-0.1, -0.05) is 0 Å². The van der Waals surface area contributed by atoms with Crippen LogP contribution in [0.1, 0.15) is 12.8 Å². The molecule has 0 radical (unpaired) electrons. The largest absolute Gasteiger partial charge is 0.493 e. The molecule has 2 aromatic rings. The molecule has 2 aliphatic rings. The lowest BCUT2D eigenvalue weighted by Crippen LogP contribution is -2.63. The third-order valence-corrected chi connectivity index (χ3v) is 6.58. The first-order valence-electron chi connectivity index (χ1n) is 8.66. The van der Waals surface area contributed by atoms with Gasteiger partial charge >= 0.3 is 0 Å². The second-order valence-electron chi connectivity index (χ2n) is 7.72. The van der Waals surface area contributed by atoms with Gasteiger partial charge in [0, 0.05) is 51.7 Å². The van der Waals surface area contributed by atoms with Crippen molar-refractivity contribution in [1.29, 1.82) is 4.78 Å². The Balaban J connectivity index is 1.53. The molecule has 2 heterocycles. The highest BCUT2D eigenvalue weighted by Gasteiger charge is 2.53. The van der Waals surface area contributed by atoms with E-state index in [1.54, 1.807) is 26.8 Å². The minimum atomic E-state index is -2.39. The highest BCUT2D eigenvalue weighted by Crippen LogP contribution is 2.53. The zero-order valence-electron chi connectivity index (χ0n) is 15.3. The molecule has 26 heavy (non-hydrogen) atoms. The van der Waals surface area contributed by atoms with Crippen LogP contribution < -0.4 is 14.4 Å². The van der Waals surface area contributed by atoms with Crippen molar-refractivity contribution in [2.24, 2.45) is 11.3 Å². The van der Waals surface area contributed by atoms with Crippen LogP contribution in [-0.2, 0) is 9.73 Å². The Hall–Kier alpha value is -2.09. The standard InChI is InChI=1S/C18H24N4O3S/c1-24-15-4-13-14(5-16(15)25-2)20-11-21-17(13)22-9-18(10-22)6-12(7-18)8-26(3,19)23/h4-5,11-12,19H,6-10H2,1-3H3. The summed E-state index contributed by atoms with van der Waals surface area (Å²) in [5, 5.41) is 0.957. The maximum atomic E-state index is 11.7. The molecule has 8 heteroatoms. The summed E-state index contributed by atoms with van der Waals surface area (Å²) in [5.41, 5.74) is 1.14. The first kappa shape index (κ1) is 17.3. The van der Waals surface area contributed by atoms with E-state index in [4.69, 9.17) is 14.3 Å². The Morgan fingerprint density at radius 3 is 2.50 bits per heavy atom. The first-order valence-corrected chi connectivity index (χ1v) is 10.8. The molecule has 1 saturated heterocycles. The second kappa shape index (κ2) is 5.97. The van der Waals surface area contributed by atoms with Crippen molar-refractivity contribution in [2.75, 3.05) is 44.2 Å². The maximum absolute atomic E-state index is 11.7. The second-order valence-corrected chi connectivity index (χ2v) is 10.1. The average Bonchev–Trinajstić information content (AvgIpc) is 2.53. The third-order valence-electron chi connectivity index (χ3n) is 5.47. The summed E-state index contributed by atoms with van der Waals surface area (Å²) < 4.78 is 30.1. The molecule has 1 aliphatic carbocycles. The summed E-state index contributed by atoms with van der Waals surface area (Å²) in [6, 6.07) is 3.81. The van der Waals surface area contributed by atoms with Crippen molar-refractivity contribution in [3.8, 4) is 11.5 Å². The van der Waals surface area contributed by atoms with E-state index in [2.05, 4.69) is 14.9 Å². The average molecular weight is 376 g/mol. The minimum absolute atomic E-state index is 0.309. The molecule has 2 fully saturated rings. The van der Waals surface area contributed by atoms with Crippen LogP contribution in [-0.4, -0.2) is 53.5 Å². The van der Waals surface area contributed by atoms with Crippen LogP contribution in [0.15, 0.2) is 18.5 Å². The molecular weight excluding hydrogens is 352 g/mol. The Morgan fingerprint density at radius 1 is 1.23 bits per heavy atom. The summed E-state index contributed by atoms with van der Waals surface area (Å²) >= 11 is 0. The number of nitrogens with one attached hydrogen (secondary N) is 1. The van der Waals surface area contributed by atoms with Crippen LogP contribution in [0, 0.1) is 16.1 Å². The van der Waals surface area contributed by atoms with Crippen LogP contribution in [0.5, 0.6) is 11.5 Å². The lowest BCUT2D eigenvalue weighted by molar-refractivity contribution is 0.0353. The van der Waals surface area contributed by atoms with E-state index in [9.17, 15) is 4.21 Å². The van der Waals surface area contributed by atoms with Gasteiger partial charge in [0.1, 0.15) is 12.1 Å². The lowest BCUT2D eigenvalue weighted by atomic mass is 9.58. The smallest absolute Gasteiger partial charge is 0.162 e. The van der Waals surface area contributed by atoms with E-state index in [0.29, 0.717) is 28.6 Å². The van der Waals surface area contributed by atoms with Gasteiger partial charge in [0.25, 0.3) is 0 Å². The van der Waals surface area contributed by atoms with Crippen molar-refractivity contribution in [2.45, 2.75) is 12.8 Å². The summed E-state index contributed by atoms with van der Waals surface area (Å²) in [4.78, 5) is 11.1. The zero-order chi connectivity index (χ0) is 18.5. The van der Waals surface area contributed by atoms with Crippen LogP contribution in [0.25, 0.3) is 10.9 Å². The number of hydrogen-bond acceptors (Lipinski definition) is 7. The molecule has 1 aliphatic heterocycles. The highest BCUT2D eigenvalue weighted by atomic mass is 32.2. The highest BCUT2D eigenvalue weighted by molar-refractivity contribution is 7.91. The molecule has 1 aromatic heterocycles. The van der Waals surface area contributed by atoms with Crippen LogP contribution in [0.4, 0.5) is 5.82 Å². The summed E-state index contributed by atoms with van der Waals surface area (Å²) in [6.45, 7) is 1.90. The maximum Gasteiger partial charge on any atom is 0.162 e. The topological polar surface area (TPSA) is 88.4 Å². The molecule has 4 rings (SSSR count). The number of rotatable bonds is 5. The molecule has 1 spiro atoms. The number of aromatic nitrogens is 2. The number of anilines is 1. The van der Waals surface area contributed by atoms with E-state index < -0.39 is 9.73 Å². The molecule has 7 nitrogen and oxygen atoms in total. The number of fused-ring (bicyclic) bond motifs is 1. The van der Waals surface area contributed by atoms with Gasteiger partial charge in [-0.2, -0.15) is 0 Å². The molecule has 1 N–H and O–H groups in total. The van der Waals surface area contributed by atoms with Crippen molar-refractivity contribution < 1.29 is 13.7 Å². The fourth-order valence-corrected chi connectivity index (χ4v) is 5.66. The van der Waals surface area contributed by atoms with E-state index in [0.717, 1.165) is 42.7 Å². The van der Waals surface area contributed by atoms with Gasteiger partial charge in [0.15, 0.2) is 11.5 Å². The monoisotopic (exact) mass is 376 g/mol. The van der Waals surface area contributed by atoms with Gasteiger partial charge in [0.2, 0.25) is 0 Å². The van der Waals surface area contributed by atoms with Gasteiger partial charge in [0.05, 0.1) is 19.7 Å². The predicted molar refractivity (Wildman–Crippen MR) is 102 cm³/mol. The fraction of sp³-hybridized carbons (Fsp3) is 0.556. The third kappa shape index (κ3) is 2.96. The predicted octanol–water partition coefficient (Wildman–Crippen LogP) is 2.54. The molecule has 1 atom stereocenters. The van der Waals surface area contributed by atoms with E-state index in [1.807, 2.05) is 12.1 Å². The van der Waals surface area contributed by atoms with Gasteiger partial charge in [-0.05, 0) is 24.8 Å². The molecule has 1 saturated carbocycles. The fourth-order valence-electron chi connectivity index (χ4n) is 4.53. The van der Waals surface area contributed by atoms with Gasteiger partial charge in [-0.3, -0.25) is 8.99 Å². The van der Waals surface area contributed by atoms with Crippen LogP contribution >= 0.6 is 0 Å². The lowest BCUT2D eigenvalue weighted by Gasteiger charge is -2.59. The van der Waals surface area contributed by atoms with Crippen molar-refractivity contribution in [3.63, 3.8) is 0 Å². The Labute approximate surface area is 153 Å². The van der Waals surface area contributed by atoms with Gasteiger partial charge < -0.3 is 14.4 Å². The zero-order valence-corrected chi connectivity index (χ0v) is 16.1. The van der Waals surface area contributed by atoms with Crippen LogP contribution in [0.3, 0.4) is 0 Å². The molecule has 140 valence electrons. The van der Waals surface area contributed by atoms with Gasteiger partial charge in [-0.25, -0.2) is 9.97 Å². The Bertz CT molecular complexity index is 946. The minimum Gasteiger partial charge on any atom is -0.493 e. The SMILES string of the molecule is COc1cc2ncnc(N3CC4(CC(CS(C)(=N)=O)C4)C3)c2cc1OC. The summed E-state index contributed by atoms with van der Waals surface area (Å²) in [7, 11) is 0.851. The quantitative estimate of drug-likeness (QED) is 0.863. The first-order chi connectivity index (χ1) is 12.3. The number of hydrogen-bond donors (Lipinski definition) is 1. The molecule has 1 unspecified atom stereocenters. The number of nitrogens with zero attached hydrogens (tertiary/aromatic N) is 3. The molecule has 0 amide bonds. The number of benzene rings is 1. The summed E-state index contributed by atoms with van der Waals surface area (Å²) in [6.07, 6.45) is 5.25. The summed E-state index contributed by atoms with van der Waals surface area (Å²) in [5.74, 6) is 3.21. The normalized spacial score (nSPS) is 21.1. The van der Waals surface area contributed by atoms with E-state index >= 15 is 0 Å². The number of ether oxygens (including phenoxy) is 2. The Morgan fingerprint density at radius 2 is 1.88 bits per heavy atom. The van der Waals surface area contributed by atoms with E-state index in [1.165, 1.54) is 0 Å². The molecule has 1 aromatic carbocycles. The van der Waals surface area contributed by atoms with Crippen LogP contribution in [0.2, 0.25) is 0 Å². The molecule has 0 bridgehead atoms. The van der Waals surface area contributed by atoms with Crippen molar-refractivity contribution in [1.82, 2.24) is 9.97 Å². The number of methoxy groups -OCH3 is 2. The Kier molecular flexibility index (Phi) is 3.98. The van der Waals surface area contributed by atoms with E-state index in [-0.39, 0.29) is 0 Å².